The first-order valence-electron chi connectivity index (χ1n) is 8.74. The van der Waals surface area contributed by atoms with Crippen molar-refractivity contribution < 1.29 is 4.79 Å². The molecule has 0 aliphatic rings. The molecule has 0 unspecified atom stereocenters. The Kier molecular flexibility index (Phi) is 7.19. The van der Waals surface area contributed by atoms with Crippen LogP contribution < -0.4 is 16.2 Å². The largest absolute Gasteiger partial charge is 0.338 e. The highest BCUT2D eigenvalue weighted by Gasteiger charge is 2.04. The fourth-order valence-corrected chi connectivity index (χ4v) is 2.45. The van der Waals surface area contributed by atoms with Crippen LogP contribution in [0, 0.1) is 0 Å². The Morgan fingerprint density at radius 1 is 1.08 bits per heavy atom. The number of carbonyl (C=O) groups excluding carboxylic acids is 1. The Labute approximate surface area is 148 Å². The molecule has 2 N–H and O–H groups in total. The highest BCUT2D eigenvalue weighted by atomic mass is 16.2. The molecule has 6 nitrogen and oxygen atoms in total. The zero-order valence-electron chi connectivity index (χ0n) is 14.9. The van der Waals surface area contributed by atoms with Gasteiger partial charge in [0.05, 0.1) is 5.69 Å². The third-order valence-corrected chi connectivity index (χ3v) is 3.69. The molecular weight excluding hydrogens is 316 g/mol. The van der Waals surface area contributed by atoms with Gasteiger partial charge in [-0.25, -0.2) is 9.48 Å². The lowest BCUT2D eigenvalue weighted by atomic mass is 10.1. The lowest BCUT2D eigenvalue weighted by Crippen LogP contribution is -2.39. The molecule has 2 amide bonds. The summed E-state index contributed by atoms with van der Waals surface area (Å²) in [6.07, 6.45) is 2.64. The standard InChI is InChI=1S/C19H26N4O2/c1-15(2)21-19(25)20-13-7-4-8-14-23-18(24)12-11-17(22-23)16-9-5-3-6-10-16/h3,5-6,9-12,15H,4,7-8,13-14H2,1-2H3,(H2,20,21,25). The fourth-order valence-electron chi connectivity index (χ4n) is 2.45. The van der Waals surface area contributed by atoms with Crippen LogP contribution in [0.4, 0.5) is 4.79 Å². The number of benzene rings is 1. The minimum Gasteiger partial charge on any atom is -0.338 e. The monoisotopic (exact) mass is 342 g/mol. The molecule has 0 atom stereocenters. The highest BCUT2D eigenvalue weighted by Crippen LogP contribution is 2.14. The quantitative estimate of drug-likeness (QED) is 0.724. The molecule has 0 spiro atoms. The van der Waals surface area contributed by atoms with Crippen molar-refractivity contribution in [1.82, 2.24) is 20.4 Å². The van der Waals surface area contributed by atoms with Crippen LogP contribution in [0.5, 0.6) is 0 Å². The summed E-state index contributed by atoms with van der Waals surface area (Å²) in [5, 5.41) is 10.0. The first kappa shape index (κ1) is 18.7. The minimum absolute atomic E-state index is 0.0888. The second-order valence-electron chi connectivity index (χ2n) is 6.26. The molecule has 0 aliphatic heterocycles. The molecule has 0 radical (unpaired) electrons. The molecule has 2 rings (SSSR count). The van der Waals surface area contributed by atoms with E-state index in [9.17, 15) is 9.59 Å². The predicted octanol–water partition coefficient (Wildman–Crippen LogP) is 2.79. The van der Waals surface area contributed by atoms with Gasteiger partial charge in [0.25, 0.3) is 5.56 Å². The molecule has 1 heterocycles. The van der Waals surface area contributed by atoms with Crippen LogP contribution >= 0.6 is 0 Å². The minimum atomic E-state index is -0.136. The maximum atomic E-state index is 11.9. The Bertz CT molecular complexity index is 726. The predicted molar refractivity (Wildman–Crippen MR) is 99.5 cm³/mol. The van der Waals surface area contributed by atoms with Crippen molar-refractivity contribution in [2.24, 2.45) is 0 Å². The van der Waals surface area contributed by atoms with Crippen molar-refractivity contribution in [2.45, 2.75) is 45.7 Å². The first-order valence-corrected chi connectivity index (χ1v) is 8.74. The molecule has 0 bridgehead atoms. The van der Waals surface area contributed by atoms with E-state index in [0.717, 1.165) is 30.5 Å². The average Bonchev–Trinajstić information content (AvgIpc) is 2.59. The van der Waals surface area contributed by atoms with Crippen LogP contribution in [0.25, 0.3) is 11.3 Å². The molecule has 0 fully saturated rings. The Balaban J connectivity index is 1.77. The number of amides is 2. The third-order valence-electron chi connectivity index (χ3n) is 3.69. The van der Waals surface area contributed by atoms with Crippen molar-refractivity contribution >= 4 is 6.03 Å². The van der Waals surface area contributed by atoms with Gasteiger partial charge in [0.15, 0.2) is 0 Å². The first-order chi connectivity index (χ1) is 12.1. The van der Waals surface area contributed by atoms with Gasteiger partial charge in [-0.1, -0.05) is 30.3 Å². The maximum Gasteiger partial charge on any atom is 0.314 e. The summed E-state index contributed by atoms with van der Waals surface area (Å²) in [6.45, 7) is 5.06. The Morgan fingerprint density at radius 3 is 2.56 bits per heavy atom. The zero-order valence-corrected chi connectivity index (χ0v) is 14.9. The van der Waals surface area contributed by atoms with E-state index in [4.69, 9.17) is 0 Å². The van der Waals surface area contributed by atoms with E-state index in [1.165, 1.54) is 4.68 Å². The number of urea groups is 1. The Morgan fingerprint density at radius 2 is 1.84 bits per heavy atom. The number of hydrogen-bond acceptors (Lipinski definition) is 3. The molecule has 0 saturated heterocycles. The topological polar surface area (TPSA) is 76.0 Å². The lowest BCUT2D eigenvalue weighted by Gasteiger charge is -2.10. The van der Waals surface area contributed by atoms with Crippen LogP contribution in [-0.2, 0) is 6.54 Å². The molecule has 2 aromatic rings. The van der Waals surface area contributed by atoms with E-state index in [1.807, 2.05) is 44.2 Å². The van der Waals surface area contributed by atoms with Gasteiger partial charge in [0.2, 0.25) is 0 Å². The van der Waals surface area contributed by atoms with Crippen molar-refractivity contribution in [3.8, 4) is 11.3 Å². The van der Waals surface area contributed by atoms with Gasteiger partial charge in [0.1, 0.15) is 0 Å². The van der Waals surface area contributed by atoms with E-state index >= 15 is 0 Å². The number of aromatic nitrogens is 2. The van der Waals surface area contributed by atoms with E-state index in [2.05, 4.69) is 15.7 Å². The van der Waals surface area contributed by atoms with Gasteiger partial charge in [-0.15, -0.1) is 0 Å². The van der Waals surface area contributed by atoms with Crippen LogP contribution in [0.15, 0.2) is 47.3 Å². The normalized spacial score (nSPS) is 10.7. The molecule has 0 aliphatic carbocycles. The second-order valence-corrected chi connectivity index (χ2v) is 6.26. The van der Waals surface area contributed by atoms with Gasteiger partial charge in [-0.3, -0.25) is 4.79 Å². The SMILES string of the molecule is CC(C)NC(=O)NCCCCCn1nc(-c2ccccc2)ccc1=O. The van der Waals surface area contributed by atoms with E-state index in [-0.39, 0.29) is 17.6 Å². The van der Waals surface area contributed by atoms with Crippen LogP contribution in [0.2, 0.25) is 0 Å². The van der Waals surface area contributed by atoms with Crippen molar-refractivity contribution in [3.05, 3.63) is 52.8 Å². The smallest absolute Gasteiger partial charge is 0.314 e. The van der Waals surface area contributed by atoms with Crippen molar-refractivity contribution in [2.75, 3.05) is 6.54 Å². The fraction of sp³-hybridized carbons (Fsp3) is 0.421. The highest BCUT2D eigenvalue weighted by molar-refractivity contribution is 5.73. The number of nitrogens with zero attached hydrogens (tertiary/aromatic N) is 2. The summed E-state index contributed by atoms with van der Waals surface area (Å²) in [6, 6.07) is 13.1. The van der Waals surface area contributed by atoms with Gasteiger partial charge in [0, 0.05) is 30.8 Å². The van der Waals surface area contributed by atoms with E-state index < -0.39 is 0 Å². The number of carbonyl (C=O) groups is 1. The second kappa shape index (κ2) is 9.61. The Hall–Kier alpha value is -2.63. The average molecular weight is 342 g/mol. The van der Waals surface area contributed by atoms with Crippen LogP contribution in [0.1, 0.15) is 33.1 Å². The number of nitrogens with one attached hydrogen (secondary N) is 2. The molecule has 1 aromatic heterocycles. The number of aryl methyl sites for hydroxylation is 1. The number of hydrogen-bond donors (Lipinski definition) is 2. The summed E-state index contributed by atoms with van der Waals surface area (Å²) < 4.78 is 1.52. The molecule has 6 heteroatoms. The van der Waals surface area contributed by atoms with E-state index in [1.54, 1.807) is 12.1 Å². The molecule has 25 heavy (non-hydrogen) atoms. The van der Waals surface area contributed by atoms with Crippen LogP contribution in [-0.4, -0.2) is 28.4 Å². The summed E-state index contributed by atoms with van der Waals surface area (Å²) in [7, 11) is 0. The molecule has 134 valence electrons. The third kappa shape index (κ3) is 6.41. The summed E-state index contributed by atoms with van der Waals surface area (Å²) >= 11 is 0. The van der Waals surface area contributed by atoms with Crippen LogP contribution in [0.3, 0.4) is 0 Å². The zero-order chi connectivity index (χ0) is 18.1. The van der Waals surface area contributed by atoms with E-state index in [0.29, 0.717) is 13.1 Å². The molecule has 0 saturated carbocycles. The summed E-state index contributed by atoms with van der Waals surface area (Å²) in [4.78, 5) is 23.4. The van der Waals surface area contributed by atoms with Crippen molar-refractivity contribution in [3.63, 3.8) is 0 Å². The molecule has 1 aromatic carbocycles. The van der Waals surface area contributed by atoms with Gasteiger partial charge < -0.3 is 10.6 Å². The van der Waals surface area contributed by atoms with Gasteiger partial charge in [-0.2, -0.15) is 5.10 Å². The number of unbranched alkanes of at least 4 members (excludes halogenated alkanes) is 2. The van der Waals surface area contributed by atoms with Gasteiger partial charge in [-0.05, 0) is 39.2 Å². The van der Waals surface area contributed by atoms with Gasteiger partial charge >= 0.3 is 6.03 Å². The lowest BCUT2D eigenvalue weighted by molar-refractivity contribution is 0.238. The summed E-state index contributed by atoms with van der Waals surface area (Å²) in [5.41, 5.74) is 1.71. The van der Waals surface area contributed by atoms with Crippen molar-refractivity contribution in [1.29, 1.82) is 0 Å². The number of rotatable bonds is 8. The molecular formula is C19H26N4O2. The summed E-state index contributed by atoms with van der Waals surface area (Å²) in [5.74, 6) is 0. The maximum absolute atomic E-state index is 11.9.